The molecule has 0 bridgehead atoms. The van der Waals surface area contributed by atoms with Crippen molar-refractivity contribution in [1.29, 1.82) is 0 Å². The zero-order valence-corrected chi connectivity index (χ0v) is 14.5. The Morgan fingerprint density at radius 1 is 1.17 bits per heavy atom. The van der Waals surface area contributed by atoms with Gasteiger partial charge in [-0.25, -0.2) is 0 Å². The summed E-state index contributed by atoms with van der Waals surface area (Å²) in [6, 6.07) is 14.5. The summed E-state index contributed by atoms with van der Waals surface area (Å²) >= 11 is 9.49. The van der Waals surface area contributed by atoms with Crippen LogP contribution in [0.4, 0.5) is 11.4 Å². The number of halogens is 2. The van der Waals surface area contributed by atoms with E-state index < -0.39 is 0 Å². The molecule has 1 saturated heterocycles. The monoisotopic (exact) mass is 392 g/mol. The van der Waals surface area contributed by atoms with E-state index in [1.807, 2.05) is 36.4 Å². The number of benzene rings is 2. The molecule has 2 amide bonds. The quantitative estimate of drug-likeness (QED) is 0.854. The molecule has 0 spiro atoms. The van der Waals surface area contributed by atoms with Crippen LogP contribution in [-0.2, 0) is 9.59 Å². The van der Waals surface area contributed by atoms with Crippen LogP contribution in [0.25, 0.3) is 0 Å². The van der Waals surface area contributed by atoms with E-state index in [-0.39, 0.29) is 24.2 Å². The third kappa shape index (κ3) is 3.57. The summed E-state index contributed by atoms with van der Waals surface area (Å²) in [5.74, 6) is -0.633. The Hall–Kier alpha value is -1.85. The number of carbonyl (C=O) groups excluding carboxylic acids is 2. The second-order valence-electron chi connectivity index (χ2n) is 5.35. The Morgan fingerprint density at radius 2 is 1.87 bits per heavy atom. The van der Waals surface area contributed by atoms with Crippen LogP contribution in [0.3, 0.4) is 0 Å². The Balaban J connectivity index is 1.71. The molecular weight excluding hydrogens is 380 g/mol. The van der Waals surface area contributed by atoms with E-state index >= 15 is 0 Å². The van der Waals surface area contributed by atoms with Crippen LogP contribution in [0, 0.1) is 5.92 Å². The molecule has 0 aromatic heterocycles. The van der Waals surface area contributed by atoms with Gasteiger partial charge in [0.25, 0.3) is 0 Å². The summed E-state index contributed by atoms with van der Waals surface area (Å²) in [6.45, 7) is 0.338. The Kier molecular flexibility index (Phi) is 4.68. The maximum atomic E-state index is 12.4. The van der Waals surface area contributed by atoms with E-state index in [0.717, 1.165) is 4.47 Å². The van der Waals surface area contributed by atoms with Gasteiger partial charge in [0, 0.05) is 23.1 Å². The first kappa shape index (κ1) is 16.0. The van der Waals surface area contributed by atoms with Gasteiger partial charge in [-0.1, -0.05) is 39.7 Å². The molecule has 2 aromatic rings. The molecular formula is C17H14BrClN2O2. The molecule has 1 aliphatic rings. The van der Waals surface area contributed by atoms with Crippen LogP contribution in [0.15, 0.2) is 53.0 Å². The maximum Gasteiger partial charge on any atom is 0.229 e. The van der Waals surface area contributed by atoms with Crippen molar-refractivity contribution in [3.05, 3.63) is 58.0 Å². The first-order valence-electron chi connectivity index (χ1n) is 7.16. The first-order chi connectivity index (χ1) is 11.0. The van der Waals surface area contributed by atoms with Gasteiger partial charge in [0.15, 0.2) is 0 Å². The predicted octanol–water partition coefficient (Wildman–Crippen LogP) is 4.09. The van der Waals surface area contributed by atoms with Gasteiger partial charge in [-0.05, 0) is 36.4 Å². The number of nitrogens with zero attached hydrogens (tertiary/aromatic N) is 1. The van der Waals surface area contributed by atoms with Crippen LogP contribution in [-0.4, -0.2) is 18.4 Å². The lowest BCUT2D eigenvalue weighted by molar-refractivity contribution is -0.122. The second kappa shape index (κ2) is 6.72. The van der Waals surface area contributed by atoms with Gasteiger partial charge >= 0.3 is 0 Å². The molecule has 1 atom stereocenters. The van der Waals surface area contributed by atoms with E-state index in [2.05, 4.69) is 21.2 Å². The molecule has 23 heavy (non-hydrogen) atoms. The molecule has 1 aliphatic heterocycles. The third-order valence-electron chi connectivity index (χ3n) is 3.75. The average Bonchev–Trinajstić information content (AvgIpc) is 2.92. The SMILES string of the molecule is O=C(Nc1ccc(Br)cc1)C1CC(=O)N(c2ccccc2Cl)C1. The topological polar surface area (TPSA) is 49.4 Å². The highest BCUT2D eigenvalue weighted by molar-refractivity contribution is 9.10. The number of rotatable bonds is 3. The summed E-state index contributed by atoms with van der Waals surface area (Å²) in [5.41, 5.74) is 1.36. The minimum Gasteiger partial charge on any atom is -0.326 e. The molecule has 0 radical (unpaired) electrons. The fraction of sp³-hybridized carbons (Fsp3) is 0.176. The van der Waals surface area contributed by atoms with Crippen LogP contribution in [0.1, 0.15) is 6.42 Å². The van der Waals surface area contributed by atoms with Crippen molar-refractivity contribution in [2.24, 2.45) is 5.92 Å². The number of para-hydroxylation sites is 1. The minimum atomic E-state index is -0.387. The molecule has 118 valence electrons. The highest BCUT2D eigenvalue weighted by Gasteiger charge is 2.35. The zero-order chi connectivity index (χ0) is 16.4. The molecule has 1 heterocycles. The average molecular weight is 394 g/mol. The van der Waals surface area contributed by atoms with Crippen molar-refractivity contribution in [2.45, 2.75) is 6.42 Å². The van der Waals surface area contributed by atoms with E-state index in [1.165, 1.54) is 0 Å². The standard InChI is InChI=1S/C17H14BrClN2O2/c18-12-5-7-13(8-6-12)20-17(23)11-9-16(22)21(10-11)15-4-2-1-3-14(15)19/h1-8,11H,9-10H2,(H,20,23). The molecule has 1 N–H and O–H groups in total. The Bertz CT molecular complexity index is 749. The van der Waals surface area contributed by atoms with Crippen molar-refractivity contribution in [2.75, 3.05) is 16.8 Å². The van der Waals surface area contributed by atoms with Crippen molar-refractivity contribution in [3.8, 4) is 0 Å². The smallest absolute Gasteiger partial charge is 0.229 e. The van der Waals surface area contributed by atoms with Gasteiger partial charge in [0.1, 0.15) is 0 Å². The summed E-state index contributed by atoms with van der Waals surface area (Å²) in [4.78, 5) is 26.2. The lowest BCUT2D eigenvalue weighted by Crippen LogP contribution is -2.28. The van der Waals surface area contributed by atoms with Crippen molar-refractivity contribution < 1.29 is 9.59 Å². The number of hydrogen-bond acceptors (Lipinski definition) is 2. The van der Waals surface area contributed by atoms with Gasteiger partial charge in [-0.15, -0.1) is 0 Å². The van der Waals surface area contributed by atoms with E-state index in [1.54, 1.807) is 17.0 Å². The van der Waals surface area contributed by atoms with Crippen molar-refractivity contribution in [1.82, 2.24) is 0 Å². The first-order valence-corrected chi connectivity index (χ1v) is 8.33. The third-order valence-corrected chi connectivity index (χ3v) is 4.60. The summed E-state index contributed by atoms with van der Waals surface area (Å²) < 4.78 is 0.941. The molecule has 1 unspecified atom stereocenters. The zero-order valence-electron chi connectivity index (χ0n) is 12.1. The Labute approximate surface area is 147 Å². The number of hydrogen-bond donors (Lipinski definition) is 1. The molecule has 6 heteroatoms. The lowest BCUT2D eigenvalue weighted by atomic mass is 10.1. The number of carbonyl (C=O) groups is 2. The predicted molar refractivity (Wildman–Crippen MR) is 94.7 cm³/mol. The highest BCUT2D eigenvalue weighted by atomic mass is 79.9. The number of amides is 2. The minimum absolute atomic E-state index is 0.0888. The van der Waals surface area contributed by atoms with Gasteiger partial charge in [0.05, 0.1) is 16.6 Å². The normalized spacial score (nSPS) is 17.4. The summed E-state index contributed by atoms with van der Waals surface area (Å²) in [7, 11) is 0. The molecule has 4 nitrogen and oxygen atoms in total. The van der Waals surface area contributed by atoms with E-state index in [0.29, 0.717) is 22.9 Å². The molecule has 1 fully saturated rings. The fourth-order valence-electron chi connectivity index (χ4n) is 2.56. The largest absolute Gasteiger partial charge is 0.326 e. The number of anilines is 2. The van der Waals surface area contributed by atoms with Crippen LogP contribution < -0.4 is 10.2 Å². The molecule has 2 aromatic carbocycles. The molecule has 3 rings (SSSR count). The van der Waals surface area contributed by atoms with Crippen molar-refractivity contribution >= 4 is 50.7 Å². The van der Waals surface area contributed by atoms with Crippen LogP contribution in [0.5, 0.6) is 0 Å². The van der Waals surface area contributed by atoms with Crippen LogP contribution in [0.2, 0.25) is 5.02 Å². The lowest BCUT2D eigenvalue weighted by Gasteiger charge is -2.18. The van der Waals surface area contributed by atoms with E-state index in [9.17, 15) is 9.59 Å². The van der Waals surface area contributed by atoms with Crippen LogP contribution >= 0.6 is 27.5 Å². The second-order valence-corrected chi connectivity index (χ2v) is 6.68. The van der Waals surface area contributed by atoms with Gasteiger partial charge in [-0.2, -0.15) is 0 Å². The molecule has 0 saturated carbocycles. The summed E-state index contributed by atoms with van der Waals surface area (Å²) in [6.07, 6.45) is 0.188. The summed E-state index contributed by atoms with van der Waals surface area (Å²) in [5, 5.41) is 3.36. The highest BCUT2D eigenvalue weighted by Crippen LogP contribution is 2.31. The maximum absolute atomic E-state index is 12.4. The number of nitrogens with one attached hydrogen (secondary N) is 1. The Morgan fingerprint density at radius 3 is 2.57 bits per heavy atom. The van der Waals surface area contributed by atoms with Gasteiger partial charge in [-0.3, -0.25) is 9.59 Å². The van der Waals surface area contributed by atoms with Gasteiger partial charge < -0.3 is 10.2 Å². The van der Waals surface area contributed by atoms with Gasteiger partial charge in [0.2, 0.25) is 11.8 Å². The van der Waals surface area contributed by atoms with E-state index in [4.69, 9.17) is 11.6 Å². The van der Waals surface area contributed by atoms with Crippen molar-refractivity contribution in [3.63, 3.8) is 0 Å². The molecule has 0 aliphatic carbocycles. The fourth-order valence-corrected chi connectivity index (χ4v) is 3.07.